The number of carbonyl (C=O) groups is 2. The molecule has 0 spiro atoms. The summed E-state index contributed by atoms with van der Waals surface area (Å²) in [6, 6.07) is 18.3. The van der Waals surface area contributed by atoms with Gasteiger partial charge in [0.1, 0.15) is 11.5 Å². The monoisotopic (exact) mass is 386 g/mol. The van der Waals surface area contributed by atoms with Crippen LogP contribution in [0.15, 0.2) is 60.7 Å². The SMILES string of the molecule is CC(OC(=O)CCCCC(=O)OC(C)Oc1ccccc1)Oc1ccccc1. The molecule has 6 nitrogen and oxygen atoms in total. The van der Waals surface area contributed by atoms with Crippen LogP contribution >= 0.6 is 0 Å². The molecule has 2 aromatic carbocycles. The van der Waals surface area contributed by atoms with Crippen LogP contribution in [0.1, 0.15) is 39.5 Å². The van der Waals surface area contributed by atoms with Gasteiger partial charge in [0, 0.05) is 26.7 Å². The van der Waals surface area contributed by atoms with Gasteiger partial charge >= 0.3 is 11.9 Å². The highest BCUT2D eigenvalue weighted by atomic mass is 16.7. The Morgan fingerprint density at radius 2 is 1.04 bits per heavy atom. The summed E-state index contributed by atoms with van der Waals surface area (Å²) in [4.78, 5) is 23.7. The lowest BCUT2D eigenvalue weighted by Gasteiger charge is -2.16. The van der Waals surface area contributed by atoms with E-state index < -0.39 is 12.6 Å². The minimum Gasteiger partial charge on any atom is -0.455 e. The van der Waals surface area contributed by atoms with E-state index in [9.17, 15) is 9.59 Å². The van der Waals surface area contributed by atoms with Gasteiger partial charge in [0.25, 0.3) is 0 Å². The van der Waals surface area contributed by atoms with Gasteiger partial charge in [0.2, 0.25) is 12.6 Å². The molecule has 0 fully saturated rings. The number of hydrogen-bond donors (Lipinski definition) is 0. The lowest BCUT2D eigenvalue weighted by atomic mass is 10.2. The molecule has 0 N–H and O–H groups in total. The maximum atomic E-state index is 11.8. The number of para-hydroxylation sites is 2. The molecule has 0 amide bonds. The molecule has 0 heterocycles. The summed E-state index contributed by atoms with van der Waals surface area (Å²) < 4.78 is 21.4. The predicted octanol–water partition coefficient (Wildman–Crippen LogP) is 4.48. The van der Waals surface area contributed by atoms with Gasteiger partial charge in [-0.3, -0.25) is 9.59 Å². The van der Waals surface area contributed by atoms with Crippen LogP contribution in [0.4, 0.5) is 0 Å². The van der Waals surface area contributed by atoms with E-state index in [1.807, 2.05) is 36.4 Å². The fourth-order valence-electron chi connectivity index (χ4n) is 2.46. The van der Waals surface area contributed by atoms with E-state index in [4.69, 9.17) is 18.9 Å². The van der Waals surface area contributed by atoms with E-state index in [0.29, 0.717) is 24.3 Å². The average Bonchev–Trinajstić information content (AvgIpc) is 2.66. The minimum atomic E-state index is -0.671. The molecule has 0 aliphatic carbocycles. The van der Waals surface area contributed by atoms with E-state index in [0.717, 1.165) is 0 Å². The molecule has 0 aliphatic rings. The average molecular weight is 386 g/mol. The molecule has 6 heteroatoms. The third-order valence-corrected chi connectivity index (χ3v) is 3.70. The third-order valence-electron chi connectivity index (χ3n) is 3.70. The van der Waals surface area contributed by atoms with E-state index in [1.165, 1.54) is 0 Å². The lowest BCUT2D eigenvalue weighted by Crippen LogP contribution is -2.21. The van der Waals surface area contributed by atoms with Crippen molar-refractivity contribution in [3.05, 3.63) is 60.7 Å². The first-order valence-electron chi connectivity index (χ1n) is 9.35. The van der Waals surface area contributed by atoms with Crippen LogP contribution in [0.2, 0.25) is 0 Å². The molecular formula is C22H26O6. The molecule has 2 unspecified atom stereocenters. The standard InChI is InChI=1S/C22H26O6/c1-17(25-19-11-5-3-6-12-19)27-21(23)15-9-10-16-22(24)28-18(2)26-20-13-7-4-8-14-20/h3-8,11-14,17-18H,9-10,15-16H2,1-2H3. The first-order valence-corrected chi connectivity index (χ1v) is 9.35. The van der Waals surface area contributed by atoms with Gasteiger partial charge in [-0.1, -0.05) is 36.4 Å². The fourth-order valence-corrected chi connectivity index (χ4v) is 2.46. The van der Waals surface area contributed by atoms with Crippen LogP contribution in [0.3, 0.4) is 0 Å². The first-order chi connectivity index (χ1) is 13.5. The Hall–Kier alpha value is -3.02. The van der Waals surface area contributed by atoms with Crippen LogP contribution in [0.25, 0.3) is 0 Å². The van der Waals surface area contributed by atoms with Crippen molar-refractivity contribution in [2.75, 3.05) is 0 Å². The van der Waals surface area contributed by atoms with Gasteiger partial charge < -0.3 is 18.9 Å². The van der Waals surface area contributed by atoms with Gasteiger partial charge in [-0.2, -0.15) is 0 Å². The molecule has 0 saturated heterocycles. The van der Waals surface area contributed by atoms with Crippen molar-refractivity contribution in [3.8, 4) is 11.5 Å². The van der Waals surface area contributed by atoms with Crippen molar-refractivity contribution in [1.29, 1.82) is 0 Å². The zero-order valence-corrected chi connectivity index (χ0v) is 16.2. The maximum Gasteiger partial charge on any atom is 0.308 e. The van der Waals surface area contributed by atoms with Crippen molar-refractivity contribution >= 4 is 11.9 Å². The molecule has 0 radical (unpaired) electrons. The molecule has 0 aromatic heterocycles. The van der Waals surface area contributed by atoms with Gasteiger partial charge in [-0.25, -0.2) is 0 Å². The quantitative estimate of drug-likeness (QED) is 0.322. The Morgan fingerprint density at radius 3 is 1.39 bits per heavy atom. The minimum absolute atomic E-state index is 0.214. The summed E-state index contributed by atoms with van der Waals surface area (Å²) >= 11 is 0. The highest BCUT2D eigenvalue weighted by Crippen LogP contribution is 2.14. The summed E-state index contributed by atoms with van der Waals surface area (Å²) in [6.45, 7) is 3.33. The predicted molar refractivity (Wildman–Crippen MR) is 104 cm³/mol. The molecule has 2 atom stereocenters. The van der Waals surface area contributed by atoms with Crippen LogP contribution < -0.4 is 9.47 Å². The second-order valence-electron chi connectivity index (χ2n) is 6.18. The van der Waals surface area contributed by atoms with E-state index in [2.05, 4.69) is 0 Å². The molecule has 0 bridgehead atoms. The number of rotatable bonds is 11. The number of ether oxygens (including phenoxy) is 4. The van der Waals surface area contributed by atoms with Crippen molar-refractivity contribution in [2.45, 2.75) is 52.1 Å². The summed E-state index contributed by atoms with van der Waals surface area (Å²) in [5.41, 5.74) is 0. The van der Waals surface area contributed by atoms with Crippen LogP contribution in [-0.4, -0.2) is 24.5 Å². The summed E-state index contributed by atoms with van der Waals surface area (Å²) in [7, 11) is 0. The Labute approximate surface area is 165 Å². The van der Waals surface area contributed by atoms with Crippen molar-refractivity contribution < 1.29 is 28.5 Å². The maximum absolute atomic E-state index is 11.8. The highest BCUT2D eigenvalue weighted by molar-refractivity contribution is 5.70. The molecular weight excluding hydrogens is 360 g/mol. The Balaban J connectivity index is 1.56. The fraction of sp³-hybridized carbons (Fsp3) is 0.364. The smallest absolute Gasteiger partial charge is 0.308 e. The topological polar surface area (TPSA) is 71.1 Å². The summed E-state index contributed by atoms with van der Waals surface area (Å²) in [5, 5.41) is 0. The van der Waals surface area contributed by atoms with E-state index >= 15 is 0 Å². The molecule has 0 saturated carbocycles. The second-order valence-corrected chi connectivity index (χ2v) is 6.18. The number of esters is 2. The molecule has 2 aromatic rings. The summed E-state index contributed by atoms with van der Waals surface area (Å²) in [5.74, 6) is 0.546. The van der Waals surface area contributed by atoms with Crippen molar-refractivity contribution in [3.63, 3.8) is 0 Å². The van der Waals surface area contributed by atoms with Crippen LogP contribution in [0.5, 0.6) is 11.5 Å². The first kappa shape index (κ1) is 21.3. The molecule has 28 heavy (non-hydrogen) atoms. The lowest BCUT2D eigenvalue weighted by molar-refractivity contribution is -0.163. The zero-order valence-electron chi connectivity index (χ0n) is 16.2. The van der Waals surface area contributed by atoms with E-state index in [1.54, 1.807) is 38.1 Å². The van der Waals surface area contributed by atoms with Crippen molar-refractivity contribution in [2.24, 2.45) is 0 Å². The van der Waals surface area contributed by atoms with Gasteiger partial charge in [-0.15, -0.1) is 0 Å². The van der Waals surface area contributed by atoms with Crippen LogP contribution in [-0.2, 0) is 19.1 Å². The molecule has 0 aliphatic heterocycles. The van der Waals surface area contributed by atoms with E-state index in [-0.39, 0.29) is 24.8 Å². The largest absolute Gasteiger partial charge is 0.455 e. The van der Waals surface area contributed by atoms with Crippen molar-refractivity contribution in [1.82, 2.24) is 0 Å². The highest BCUT2D eigenvalue weighted by Gasteiger charge is 2.13. The number of hydrogen-bond acceptors (Lipinski definition) is 6. The molecule has 150 valence electrons. The normalized spacial score (nSPS) is 12.5. The third kappa shape index (κ3) is 8.58. The van der Waals surface area contributed by atoms with Gasteiger partial charge in [0.05, 0.1) is 0 Å². The number of carbonyl (C=O) groups excluding carboxylic acids is 2. The zero-order chi connectivity index (χ0) is 20.2. The second kappa shape index (κ2) is 11.6. The Bertz CT molecular complexity index is 653. The van der Waals surface area contributed by atoms with Gasteiger partial charge in [-0.05, 0) is 37.1 Å². The number of benzene rings is 2. The van der Waals surface area contributed by atoms with Gasteiger partial charge in [0.15, 0.2) is 0 Å². The summed E-state index contributed by atoms with van der Waals surface area (Å²) in [6.07, 6.45) is 0.143. The Kier molecular flexibility index (Phi) is 8.85. The van der Waals surface area contributed by atoms with Crippen LogP contribution in [0, 0.1) is 0 Å². The number of unbranched alkanes of at least 4 members (excludes halogenated alkanes) is 1. The molecule has 2 rings (SSSR count). The Morgan fingerprint density at radius 1 is 0.679 bits per heavy atom.